The van der Waals surface area contributed by atoms with E-state index in [9.17, 15) is 4.79 Å². The first-order valence-corrected chi connectivity index (χ1v) is 8.15. The van der Waals surface area contributed by atoms with Crippen LogP contribution in [0.2, 0.25) is 0 Å². The Morgan fingerprint density at radius 1 is 1.35 bits per heavy atom. The molecule has 0 saturated carbocycles. The molecular weight excluding hydrogens is 270 g/mol. The number of amides is 1. The molecule has 1 rings (SSSR count). The van der Waals surface area contributed by atoms with Gasteiger partial charge in [0.2, 0.25) is 0 Å². The third-order valence-electron chi connectivity index (χ3n) is 2.69. The molecule has 0 saturated heterocycles. The van der Waals surface area contributed by atoms with Crippen LogP contribution < -0.4 is 5.32 Å². The van der Waals surface area contributed by atoms with E-state index >= 15 is 0 Å². The molecule has 0 bridgehead atoms. The maximum atomic E-state index is 12.1. The quantitative estimate of drug-likeness (QED) is 0.598. The fourth-order valence-electron chi connectivity index (χ4n) is 1.67. The van der Waals surface area contributed by atoms with Crippen LogP contribution in [0.3, 0.4) is 0 Å². The molecule has 0 aromatic heterocycles. The lowest BCUT2D eigenvalue weighted by atomic mass is 10.1. The van der Waals surface area contributed by atoms with Gasteiger partial charge in [-0.2, -0.15) is 11.8 Å². The van der Waals surface area contributed by atoms with E-state index in [1.54, 1.807) is 6.07 Å². The Morgan fingerprint density at radius 3 is 2.90 bits per heavy atom. The van der Waals surface area contributed by atoms with Gasteiger partial charge in [0, 0.05) is 18.5 Å². The first-order valence-electron chi connectivity index (χ1n) is 6.75. The number of benzene rings is 1. The highest BCUT2D eigenvalue weighted by Gasteiger charge is 2.08. The number of rotatable bonds is 7. The monoisotopic (exact) mass is 291 g/mol. The Kier molecular flexibility index (Phi) is 8.61. The van der Waals surface area contributed by atoms with Gasteiger partial charge in [0.1, 0.15) is 0 Å². The molecule has 1 amide bonds. The highest BCUT2D eigenvalue weighted by molar-refractivity contribution is 7.98. The van der Waals surface area contributed by atoms with Crippen LogP contribution in [0.5, 0.6) is 0 Å². The van der Waals surface area contributed by atoms with E-state index in [0.29, 0.717) is 24.1 Å². The van der Waals surface area contributed by atoms with Crippen molar-refractivity contribution in [1.82, 2.24) is 5.32 Å². The van der Waals surface area contributed by atoms with Gasteiger partial charge in [-0.3, -0.25) is 4.79 Å². The average Bonchev–Trinajstić information content (AvgIpc) is 2.47. The Labute approximate surface area is 125 Å². The SMILES string of the molecule is CSCCCCNC(=O)c1ccccc1C#CCCO. The standard InChI is InChI=1S/C16H21NO2S/c1-20-13-7-5-11-17-16(19)15-10-3-2-8-14(15)9-4-6-12-18/h2-3,8,10,18H,5-7,11-13H2,1H3,(H,17,19). The van der Waals surface area contributed by atoms with Crippen molar-refractivity contribution in [2.24, 2.45) is 0 Å². The second kappa shape index (κ2) is 10.4. The smallest absolute Gasteiger partial charge is 0.252 e. The molecule has 108 valence electrons. The summed E-state index contributed by atoms with van der Waals surface area (Å²) in [6.07, 6.45) is 4.61. The number of hydrogen-bond donors (Lipinski definition) is 2. The third kappa shape index (κ3) is 6.14. The Bertz CT molecular complexity index is 477. The molecule has 0 spiro atoms. The lowest BCUT2D eigenvalue weighted by Crippen LogP contribution is -2.25. The zero-order valence-corrected chi connectivity index (χ0v) is 12.6. The van der Waals surface area contributed by atoms with Gasteiger partial charge in [0.05, 0.1) is 12.2 Å². The molecule has 0 radical (unpaired) electrons. The number of thioether (sulfide) groups is 1. The van der Waals surface area contributed by atoms with Gasteiger partial charge in [-0.15, -0.1) is 0 Å². The molecule has 20 heavy (non-hydrogen) atoms. The molecule has 0 unspecified atom stereocenters. The fourth-order valence-corrected chi connectivity index (χ4v) is 2.17. The molecule has 0 aliphatic rings. The summed E-state index contributed by atoms with van der Waals surface area (Å²) < 4.78 is 0. The first-order chi connectivity index (χ1) is 9.79. The van der Waals surface area contributed by atoms with E-state index in [1.807, 2.05) is 30.0 Å². The molecule has 0 fully saturated rings. The molecule has 3 nitrogen and oxygen atoms in total. The van der Waals surface area contributed by atoms with Crippen LogP contribution in [0.1, 0.15) is 35.2 Å². The largest absolute Gasteiger partial charge is 0.395 e. The highest BCUT2D eigenvalue weighted by atomic mass is 32.2. The van der Waals surface area contributed by atoms with Crippen molar-refractivity contribution in [2.45, 2.75) is 19.3 Å². The summed E-state index contributed by atoms with van der Waals surface area (Å²) in [4.78, 5) is 12.1. The van der Waals surface area contributed by atoms with Crippen molar-refractivity contribution < 1.29 is 9.90 Å². The number of carbonyl (C=O) groups is 1. The minimum atomic E-state index is -0.0805. The van der Waals surface area contributed by atoms with E-state index in [-0.39, 0.29) is 12.5 Å². The summed E-state index contributed by atoms with van der Waals surface area (Å²) in [5, 5.41) is 11.6. The molecule has 0 aliphatic carbocycles. The van der Waals surface area contributed by atoms with E-state index in [1.165, 1.54) is 0 Å². The topological polar surface area (TPSA) is 49.3 Å². The van der Waals surface area contributed by atoms with E-state index in [4.69, 9.17) is 5.11 Å². The van der Waals surface area contributed by atoms with Crippen LogP contribution in [-0.2, 0) is 0 Å². The normalized spacial score (nSPS) is 9.70. The summed E-state index contributed by atoms with van der Waals surface area (Å²) in [7, 11) is 0. The van der Waals surface area contributed by atoms with Gasteiger partial charge < -0.3 is 10.4 Å². The number of unbranched alkanes of at least 4 members (excludes halogenated alkanes) is 1. The van der Waals surface area contributed by atoms with Crippen molar-refractivity contribution in [3.05, 3.63) is 35.4 Å². The van der Waals surface area contributed by atoms with Gasteiger partial charge in [0.25, 0.3) is 5.91 Å². The van der Waals surface area contributed by atoms with Gasteiger partial charge in [-0.05, 0) is 37.0 Å². The molecule has 1 aromatic rings. The lowest BCUT2D eigenvalue weighted by molar-refractivity contribution is 0.0953. The second-order valence-corrected chi connectivity index (χ2v) is 5.26. The second-order valence-electron chi connectivity index (χ2n) is 4.28. The maximum Gasteiger partial charge on any atom is 0.252 e. The first kappa shape index (κ1) is 16.6. The highest BCUT2D eigenvalue weighted by Crippen LogP contribution is 2.07. The zero-order chi connectivity index (χ0) is 14.6. The van der Waals surface area contributed by atoms with Crippen LogP contribution in [0, 0.1) is 11.8 Å². The van der Waals surface area contributed by atoms with Crippen molar-refractivity contribution in [1.29, 1.82) is 0 Å². The van der Waals surface area contributed by atoms with Gasteiger partial charge >= 0.3 is 0 Å². The minimum Gasteiger partial charge on any atom is -0.395 e. The fraction of sp³-hybridized carbons (Fsp3) is 0.438. The predicted molar refractivity (Wildman–Crippen MR) is 85.0 cm³/mol. The maximum absolute atomic E-state index is 12.1. The minimum absolute atomic E-state index is 0.0385. The lowest BCUT2D eigenvalue weighted by Gasteiger charge is -2.06. The van der Waals surface area contributed by atoms with E-state index in [2.05, 4.69) is 23.4 Å². The number of carbonyl (C=O) groups excluding carboxylic acids is 1. The molecular formula is C16H21NO2S. The van der Waals surface area contributed by atoms with Gasteiger partial charge in [-0.1, -0.05) is 24.0 Å². The number of aliphatic hydroxyl groups is 1. The van der Waals surface area contributed by atoms with Gasteiger partial charge in [-0.25, -0.2) is 0 Å². The van der Waals surface area contributed by atoms with Crippen molar-refractivity contribution in [3.63, 3.8) is 0 Å². The van der Waals surface area contributed by atoms with Gasteiger partial charge in [0.15, 0.2) is 0 Å². The van der Waals surface area contributed by atoms with Crippen molar-refractivity contribution in [2.75, 3.05) is 25.2 Å². The Morgan fingerprint density at radius 2 is 2.15 bits per heavy atom. The molecule has 1 aromatic carbocycles. The molecule has 0 aliphatic heterocycles. The van der Waals surface area contributed by atoms with Crippen LogP contribution >= 0.6 is 11.8 Å². The van der Waals surface area contributed by atoms with Crippen molar-refractivity contribution in [3.8, 4) is 11.8 Å². The predicted octanol–water partition coefficient (Wildman–Crippen LogP) is 2.29. The van der Waals surface area contributed by atoms with E-state index < -0.39 is 0 Å². The number of nitrogens with one attached hydrogen (secondary N) is 1. The zero-order valence-electron chi connectivity index (χ0n) is 11.8. The molecule has 0 heterocycles. The van der Waals surface area contributed by atoms with Crippen LogP contribution in [0.4, 0.5) is 0 Å². The van der Waals surface area contributed by atoms with Crippen LogP contribution in [-0.4, -0.2) is 36.2 Å². The summed E-state index contributed by atoms with van der Waals surface area (Å²) in [5.41, 5.74) is 1.31. The summed E-state index contributed by atoms with van der Waals surface area (Å²) >= 11 is 1.82. The summed E-state index contributed by atoms with van der Waals surface area (Å²) in [6.45, 7) is 0.731. The molecule has 4 heteroatoms. The molecule has 2 N–H and O–H groups in total. The molecule has 0 atom stereocenters. The number of hydrogen-bond acceptors (Lipinski definition) is 3. The van der Waals surface area contributed by atoms with Crippen LogP contribution in [0.25, 0.3) is 0 Å². The van der Waals surface area contributed by atoms with Crippen molar-refractivity contribution >= 4 is 17.7 Å². The number of aliphatic hydroxyl groups excluding tert-OH is 1. The van der Waals surface area contributed by atoms with Crippen LogP contribution in [0.15, 0.2) is 24.3 Å². The average molecular weight is 291 g/mol. The summed E-state index contributed by atoms with van der Waals surface area (Å²) in [6, 6.07) is 7.30. The summed E-state index contributed by atoms with van der Waals surface area (Å²) in [5.74, 6) is 6.82. The Hall–Kier alpha value is -1.44. The third-order valence-corrected chi connectivity index (χ3v) is 3.39. The van der Waals surface area contributed by atoms with E-state index in [0.717, 1.165) is 18.6 Å². The Balaban J connectivity index is 2.57.